The Morgan fingerprint density at radius 3 is 2.90 bits per heavy atom. The monoisotopic (exact) mass is 139 g/mol. The Labute approximate surface area is 61.1 Å². The zero-order valence-electron chi connectivity index (χ0n) is 6.25. The standard InChI is InChI=1S/C8H13NO/c1-8-4-2-5-9(8)6-3-7-10/h2,4-5,10H,3,6-7H2,1H3. The van der Waals surface area contributed by atoms with Gasteiger partial charge in [-0.25, -0.2) is 0 Å². The van der Waals surface area contributed by atoms with Gasteiger partial charge in [0.25, 0.3) is 0 Å². The van der Waals surface area contributed by atoms with Crippen molar-refractivity contribution in [2.75, 3.05) is 6.61 Å². The molecule has 0 unspecified atom stereocenters. The number of aromatic nitrogens is 1. The molecule has 2 nitrogen and oxygen atoms in total. The summed E-state index contributed by atoms with van der Waals surface area (Å²) in [5.41, 5.74) is 1.26. The number of aryl methyl sites for hydroxylation is 2. The minimum atomic E-state index is 0.275. The molecule has 0 atom stereocenters. The van der Waals surface area contributed by atoms with Crippen molar-refractivity contribution in [1.82, 2.24) is 4.57 Å². The highest BCUT2D eigenvalue weighted by atomic mass is 16.3. The van der Waals surface area contributed by atoms with Crippen LogP contribution in [0.2, 0.25) is 0 Å². The molecule has 0 amide bonds. The molecule has 0 radical (unpaired) electrons. The maximum Gasteiger partial charge on any atom is 0.0448 e. The van der Waals surface area contributed by atoms with Crippen LogP contribution >= 0.6 is 0 Å². The Morgan fingerprint density at radius 1 is 1.60 bits per heavy atom. The first-order valence-corrected chi connectivity index (χ1v) is 3.57. The molecule has 1 aromatic heterocycles. The van der Waals surface area contributed by atoms with Crippen LogP contribution in [0.1, 0.15) is 12.1 Å². The maximum absolute atomic E-state index is 8.54. The molecule has 1 heterocycles. The molecule has 10 heavy (non-hydrogen) atoms. The van der Waals surface area contributed by atoms with Crippen molar-refractivity contribution < 1.29 is 5.11 Å². The Hall–Kier alpha value is -0.760. The zero-order valence-corrected chi connectivity index (χ0v) is 6.25. The summed E-state index contributed by atoms with van der Waals surface area (Å²) in [6, 6.07) is 4.09. The van der Waals surface area contributed by atoms with E-state index in [0.717, 1.165) is 13.0 Å². The fourth-order valence-electron chi connectivity index (χ4n) is 0.991. The average Bonchev–Trinajstić information content (AvgIpc) is 2.31. The van der Waals surface area contributed by atoms with E-state index in [4.69, 9.17) is 5.11 Å². The van der Waals surface area contributed by atoms with Crippen LogP contribution in [0, 0.1) is 6.92 Å². The van der Waals surface area contributed by atoms with Gasteiger partial charge in [0.1, 0.15) is 0 Å². The lowest BCUT2D eigenvalue weighted by Gasteiger charge is -2.02. The number of nitrogens with zero attached hydrogens (tertiary/aromatic N) is 1. The van der Waals surface area contributed by atoms with Crippen LogP contribution in [-0.2, 0) is 6.54 Å². The summed E-state index contributed by atoms with van der Waals surface area (Å²) >= 11 is 0. The second-order valence-electron chi connectivity index (χ2n) is 2.42. The summed E-state index contributed by atoms with van der Waals surface area (Å²) < 4.78 is 2.14. The minimum Gasteiger partial charge on any atom is -0.396 e. The smallest absolute Gasteiger partial charge is 0.0448 e. The molecule has 2 heteroatoms. The summed E-state index contributed by atoms with van der Waals surface area (Å²) in [5.74, 6) is 0. The second-order valence-corrected chi connectivity index (χ2v) is 2.42. The van der Waals surface area contributed by atoms with E-state index in [-0.39, 0.29) is 6.61 Å². The number of aliphatic hydroxyl groups excluding tert-OH is 1. The molecule has 0 aliphatic rings. The summed E-state index contributed by atoms with van der Waals surface area (Å²) in [5, 5.41) is 8.54. The van der Waals surface area contributed by atoms with Gasteiger partial charge in [0, 0.05) is 25.0 Å². The van der Waals surface area contributed by atoms with E-state index >= 15 is 0 Å². The first-order chi connectivity index (χ1) is 4.84. The second kappa shape index (κ2) is 3.42. The molecule has 1 rings (SSSR count). The zero-order chi connectivity index (χ0) is 7.40. The Kier molecular flexibility index (Phi) is 2.51. The van der Waals surface area contributed by atoms with Crippen LogP contribution in [0.3, 0.4) is 0 Å². The molecule has 56 valence electrons. The maximum atomic E-state index is 8.54. The molecule has 0 saturated heterocycles. The molecule has 0 saturated carbocycles. The van der Waals surface area contributed by atoms with Gasteiger partial charge in [-0.2, -0.15) is 0 Å². The summed E-state index contributed by atoms with van der Waals surface area (Å²) in [6.07, 6.45) is 2.88. The molecular weight excluding hydrogens is 126 g/mol. The number of hydrogen-bond donors (Lipinski definition) is 1. The van der Waals surface area contributed by atoms with E-state index in [1.54, 1.807) is 0 Å². The van der Waals surface area contributed by atoms with Crippen molar-refractivity contribution in [2.24, 2.45) is 0 Å². The normalized spacial score (nSPS) is 10.2. The first kappa shape index (κ1) is 7.35. The Balaban J connectivity index is 2.49. The molecule has 0 aliphatic carbocycles. The van der Waals surface area contributed by atoms with Gasteiger partial charge >= 0.3 is 0 Å². The highest BCUT2D eigenvalue weighted by molar-refractivity contribution is 5.03. The summed E-state index contributed by atoms with van der Waals surface area (Å²) in [7, 11) is 0. The van der Waals surface area contributed by atoms with Crippen molar-refractivity contribution in [3.63, 3.8) is 0 Å². The van der Waals surface area contributed by atoms with Crippen LogP contribution in [0.5, 0.6) is 0 Å². The highest BCUT2D eigenvalue weighted by Gasteiger charge is 1.92. The van der Waals surface area contributed by atoms with Crippen molar-refractivity contribution in [1.29, 1.82) is 0 Å². The third kappa shape index (κ3) is 1.61. The molecule has 0 aromatic carbocycles. The van der Waals surface area contributed by atoms with Crippen LogP contribution in [0.15, 0.2) is 18.3 Å². The molecule has 0 bridgehead atoms. The van der Waals surface area contributed by atoms with Gasteiger partial charge in [-0.3, -0.25) is 0 Å². The topological polar surface area (TPSA) is 25.2 Å². The van der Waals surface area contributed by atoms with Gasteiger partial charge in [0.05, 0.1) is 0 Å². The van der Waals surface area contributed by atoms with Gasteiger partial charge in [-0.15, -0.1) is 0 Å². The highest BCUT2D eigenvalue weighted by Crippen LogP contribution is 2.00. The lowest BCUT2D eigenvalue weighted by molar-refractivity contribution is 0.279. The predicted octanol–water partition coefficient (Wildman–Crippen LogP) is 1.18. The fourth-order valence-corrected chi connectivity index (χ4v) is 0.991. The van der Waals surface area contributed by atoms with Crippen molar-refractivity contribution in [3.8, 4) is 0 Å². The summed E-state index contributed by atoms with van der Waals surface area (Å²) in [4.78, 5) is 0. The van der Waals surface area contributed by atoms with E-state index in [9.17, 15) is 0 Å². The number of rotatable bonds is 3. The van der Waals surface area contributed by atoms with Crippen LogP contribution in [-0.4, -0.2) is 16.3 Å². The average molecular weight is 139 g/mol. The van der Waals surface area contributed by atoms with E-state index in [1.165, 1.54) is 5.69 Å². The van der Waals surface area contributed by atoms with E-state index in [1.807, 2.05) is 12.3 Å². The SMILES string of the molecule is Cc1cccn1CCCO. The fraction of sp³-hybridized carbons (Fsp3) is 0.500. The predicted molar refractivity (Wildman–Crippen MR) is 40.9 cm³/mol. The van der Waals surface area contributed by atoms with Gasteiger partial charge < -0.3 is 9.67 Å². The third-order valence-corrected chi connectivity index (χ3v) is 1.61. The quantitative estimate of drug-likeness (QED) is 0.668. The third-order valence-electron chi connectivity index (χ3n) is 1.61. The van der Waals surface area contributed by atoms with E-state index in [0.29, 0.717) is 0 Å². The summed E-state index contributed by atoms with van der Waals surface area (Å²) in [6.45, 7) is 3.27. The molecule has 0 spiro atoms. The lowest BCUT2D eigenvalue weighted by atomic mass is 10.4. The van der Waals surface area contributed by atoms with Gasteiger partial charge in [-0.05, 0) is 25.5 Å². The largest absolute Gasteiger partial charge is 0.396 e. The van der Waals surface area contributed by atoms with Crippen LogP contribution in [0.4, 0.5) is 0 Å². The van der Waals surface area contributed by atoms with Gasteiger partial charge in [-0.1, -0.05) is 0 Å². The van der Waals surface area contributed by atoms with Crippen molar-refractivity contribution >= 4 is 0 Å². The Morgan fingerprint density at radius 2 is 2.40 bits per heavy atom. The van der Waals surface area contributed by atoms with Gasteiger partial charge in [0.2, 0.25) is 0 Å². The van der Waals surface area contributed by atoms with Crippen molar-refractivity contribution in [3.05, 3.63) is 24.0 Å². The first-order valence-electron chi connectivity index (χ1n) is 3.57. The minimum absolute atomic E-state index is 0.275. The van der Waals surface area contributed by atoms with Crippen LogP contribution < -0.4 is 0 Å². The molecular formula is C8H13NO. The van der Waals surface area contributed by atoms with Gasteiger partial charge in [0.15, 0.2) is 0 Å². The molecule has 0 fully saturated rings. The molecule has 1 N–H and O–H groups in total. The lowest BCUT2D eigenvalue weighted by Crippen LogP contribution is -1.99. The van der Waals surface area contributed by atoms with E-state index in [2.05, 4.69) is 17.6 Å². The molecule has 1 aromatic rings. The van der Waals surface area contributed by atoms with E-state index < -0.39 is 0 Å². The number of hydrogen-bond acceptors (Lipinski definition) is 1. The van der Waals surface area contributed by atoms with Crippen LogP contribution in [0.25, 0.3) is 0 Å². The Bertz CT molecular complexity index is 193. The molecule has 0 aliphatic heterocycles. The number of aliphatic hydroxyl groups is 1. The van der Waals surface area contributed by atoms with Crippen molar-refractivity contribution in [2.45, 2.75) is 19.9 Å².